The molecule has 0 spiro atoms. The van der Waals surface area contributed by atoms with Crippen LogP contribution < -0.4 is 5.32 Å². The van der Waals surface area contributed by atoms with Crippen LogP contribution >= 0.6 is 0 Å². The third kappa shape index (κ3) is 3.89. The molecule has 1 aromatic heterocycles. The van der Waals surface area contributed by atoms with Gasteiger partial charge in [0.25, 0.3) is 0 Å². The van der Waals surface area contributed by atoms with Crippen LogP contribution in [0.5, 0.6) is 0 Å². The maximum absolute atomic E-state index is 13.1. The van der Waals surface area contributed by atoms with Crippen molar-refractivity contribution in [1.82, 2.24) is 20.1 Å². The molecule has 5 aliphatic rings. The molecule has 1 saturated heterocycles. The van der Waals surface area contributed by atoms with Crippen LogP contribution in [0, 0.1) is 23.2 Å². The Morgan fingerprint density at radius 1 is 0.882 bits per heavy atom. The van der Waals surface area contributed by atoms with Crippen molar-refractivity contribution in [2.45, 2.75) is 44.9 Å². The molecule has 7 heteroatoms. The summed E-state index contributed by atoms with van der Waals surface area (Å²) in [4.78, 5) is 45.7. The minimum Gasteiger partial charge on any atom is -0.361 e. The topological polar surface area (TPSA) is 85.5 Å². The molecule has 5 fully saturated rings. The summed E-state index contributed by atoms with van der Waals surface area (Å²) in [6, 6.07) is 8.00. The average Bonchev–Trinajstić information content (AvgIpc) is 3.24. The fourth-order valence-corrected chi connectivity index (χ4v) is 7.60. The zero-order valence-corrected chi connectivity index (χ0v) is 19.7. The van der Waals surface area contributed by atoms with Crippen LogP contribution in [0.25, 0.3) is 10.9 Å². The monoisotopic (exact) mass is 462 g/mol. The van der Waals surface area contributed by atoms with Gasteiger partial charge in [-0.05, 0) is 67.9 Å². The highest BCUT2D eigenvalue weighted by Gasteiger charge is 2.54. The SMILES string of the molecule is O=C(CNC(=O)C12CC3CC(CC(C3)C1)C2)N1CCN(C(=O)Cc2c[nH]c3ccccc23)CC1. The van der Waals surface area contributed by atoms with Gasteiger partial charge < -0.3 is 20.1 Å². The molecule has 1 aromatic carbocycles. The Hall–Kier alpha value is -2.83. The molecule has 3 amide bonds. The first-order valence-corrected chi connectivity index (χ1v) is 12.9. The Labute approximate surface area is 200 Å². The summed E-state index contributed by atoms with van der Waals surface area (Å²) in [5.41, 5.74) is 1.82. The molecule has 0 atom stereocenters. The Balaban J connectivity index is 0.987. The summed E-state index contributed by atoms with van der Waals surface area (Å²) in [5, 5.41) is 4.09. The second-order valence-electron chi connectivity index (χ2n) is 11.2. The van der Waals surface area contributed by atoms with Gasteiger partial charge in [0.1, 0.15) is 0 Å². The van der Waals surface area contributed by atoms with E-state index in [-0.39, 0.29) is 29.7 Å². The standard InChI is InChI=1S/C27H34N4O3/c32-24(12-21-16-28-23-4-2-1-3-22(21)23)30-5-7-31(8-6-30)25(33)17-29-26(34)27-13-18-9-19(14-27)11-20(10-18)15-27/h1-4,16,18-20,28H,5-15,17H2,(H,29,34). The lowest BCUT2D eigenvalue weighted by molar-refractivity contribution is -0.148. The van der Waals surface area contributed by atoms with Crippen molar-refractivity contribution in [3.63, 3.8) is 0 Å². The molecule has 4 bridgehead atoms. The lowest BCUT2D eigenvalue weighted by atomic mass is 9.49. The van der Waals surface area contributed by atoms with Crippen LogP contribution in [0.4, 0.5) is 0 Å². The average molecular weight is 463 g/mol. The molecule has 7 rings (SSSR count). The molecule has 4 saturated carbocycles. The maximum atomic E-state index is 13.1. The van der Waals surface area contributed by atoms with E-state index >= 15 is 0 Å². The summed E-state index contributed by atoms with van der Waals surface area (Å²) in [6.45, 7) is 2.19. The number of benzene rings is 1. The lowest BCUT2D eigenvalue weighted by Crippen LogP contribution is -2.56. The smallest absolute Gasteiger partial charge is 0.242 e. The van der Waals surface area contributed by atoms with Crippen molar-refractivity contribution in [2.24, 2.45) is 23.2 Å². The second-order valence-corrected chi connectivity index (χ2v) is 11.2. The normalized spacial score (nSPS) is 30.1. The van der Waals surface area contributed by atoms with Gasteiger partial charge in [0, 0.05) is 48.7 Å². The van der Waals surface area contributed by atoms with Gasteiger partial charge in [0.05, 0.1) is 13.0 Å². The minimum atomic E-state index is -0.220. The fourth-order valence-electron chi connectivity index (χ4n) is 7.60. The summed E-state index contributed by atoms with van der Waals surface area (Å²) >= 11 is 0. The number of hydrogen-bond acceptors (Lipinski definition) is 3. The van der Waals surface area contributed by atoms with E-state index in [9.17, 15) is 14.4 Å². The fraction of sp³-hybridized carbons (Fsp3) is 0.593. The number of nitrogens with zero attached hydrogens (tertiary/aromatic N) is 2. The third-order valence-electron chi connectivity index (χ3n) is 8.92. The number of aromatic amines is 1. The summed E-state index contributed by atoms with van der Waals surface area (Å²) in [7, 11) is 0. The van der Waals surface area contributed by atoms with Crippen molar-refractivity contribution in [1.29, 1.82) is 0 Å². The van der Waals surface area contributed by atoms with Gasteiger partial charge >= 0.3 is 0 Å². The van der Waals surface area contributed by atoms with E-state index in [1.807, 2.05) is 35.4 Å². The molecule has 0 radical (unpaired) electrons. The second kappa shape index (κ2) is 8.43. The molecule has 7 nitrogen and oxygen atoms in total. The molecule has 0 unspecified atom stereocenters. The van der Waals surface area contributed by atoms with Gasteiger partial charge in [-0.3, -0.25) is 14.4 Å². The zero-order valence-electron chi connectivity index (χ0n) is 19.7. The first-order chi connectivity index (χ1) is 16.5. The first-order valence-electron chi connectivity index (χ1n) is 12.9. The highest BCUT2D eigenvalue weighted by molar-refractivity contribution is 5.90. The van der Waals surface area contributed by atoms with E-state index in [2.05, 4.69) is 10.3 Å². The summed E-state index contributed by atoms with van der Waals surface area (Å²) in [6.07, 6.45) is 9.20. The van der Waals surface area contributed by atoms with Crippen LogP contribution in [0.2, 0.25) is 0 Å². The van der Waals surface area contributed by atoms with Gasteiger partial charge in [0.2, 0.25) is 17.7 Å². The molecule has 2 heterocycles. The quantitative estimate of drug-likeness (QED) is 0.717. The molecule has 2 aromatic rings. The number of H-pyrrole nitrogens is 1. The third-order valence-corrected chi connectivity index (χ3v) is 8.92. The van der Waals surface area contributed by atoms with E-state index in [0.717, 1.165) is 35.7 Å². The summed E-state index contributed by atoms with van der Waals surface area (Å²) < 4.78 is 0. The van der Waals surface area contributed by atoms with Crippen LogP contribution in [0.15, 0.2) is 30.5 Å². The largest absolute Gasteiger partial charge is 0.361 e. The molecule has 1 aliphatic heterocycles. The van der Waals surface area contributed by atoms with E-state index in [0.29, 0.717) is 50.4 Å². The van der Waals surface area contributed by atoms with Crippen molar-refractivity contribution in [3.05, 3.63) is 36.0 Å². The van der Waals surface area contributed by atoms with Gasteiger partial charge in [-0.1, -0.05) is 18.2 Å². The van der Waals surface area contributed by atoms with Crippen LogP contribution in [0.1, 0.15) is 44.1 Å². The number of nitrogens with one attached hydrogen (secondary N) is 2. The predicted molar refractivity (Wildman–Crippen MR) is 129 cm³/mol. The zero-order chi connectivity index (χ0) is 23.3. The Morgan fingerprint density at radius 3 is 2.12 bits per heavy atom. The summed E-state index contributed by atoms with van der Waals surface area (Å²) in [5.74, 6) is 2.29. The molecular formula is C27H34N4O3. The number of para-hydroxylation sites is 1. The number of amides is 3. The van der Waals surface area contributed by atoms with Crippen LogP contribution in [-0.4, -0.2) is 65.2 Å². The molecule has 4 aliphatic carbocycles. The van der Waals surface area contributed by atoms with E-state index in [4.69, 9.17) is 0 Å². The first kappa shape index (κ1) is 21.7. The van der Waals surface area contributed by atoms with Crippen molar-refractivity contribution >= 4 is 28.6 Å². The van der Waals surface area contributed by atoms with Crippen molar-refractivity contribution < 1.29 is 14.4 Å². The predicted octanol–water partition coefficient (Wildman–Crippen LogP) is 2.71. The van der Waals surface area contributed by atoms with E-state index in [1.165, 1.54) is 19.3 Å². The van der Waals surface area contributed by atoms with E-state index in [1.54, 1.807) is 4.90 Å². The van der Waals surface area contributed by atoms with Crippen LogP contribution in [-0.2, 0) is 20.8 Å². The highest BCUT2D eigenvalue weighted by Crippen LogP contribution is 2.60. The molecular weight excluding hydrogens is 428 g/mol. The van der Waals surface area contributed by atoms with Crippen LogP contribution in [0.3, 0.4) is 0 Å². The molecule has 180 valence electrons. The number of fused-ring (bicyclic) bond motifs is 1. The van der Waals surface area contributed by atoms with Gasteiger partial charge in [-0.2, -0.15) is 0 Å². The lowest BCUT2D eigenvalue weighted by Gasteiger charge is -2.55. The van der Waals surface area contributed by atoms with Gasteiger partial charge in [-0.15, -0.1) is 0 Å². The number of aromatic nitrogens is 1. The highest BCUT2D eigenvalue weighted by atomic mass is 16.2. The maximum Gasteiger partial charge on any atom is 0.242 e. The molecule has 34 heavy (non-hydrogen) atoms. The molecule has 2 N–H and O–H groups in total. The Kier molecular flexibility index (Phi) is 5.38. The Morgan fingerprint density at radius 2 is 1.47 bits per heavy atom. The van der Waals surface area contributed by atoms with Gasteiger partial charge in [0.15, 0.2) is 0 Å². The number of rotatable bonds is 5. The van der Waals surface area contributed by atoms with Crippen molar-refractivity contribution in [3.8, 4) is 0 Å². The number of carbonyl (C=O) groups excluding carboxylic acids is 3. The van der Waals surface area contributed by atoms with E-state index < -0.39 is 0 Å². The Bertz CT molecular complexity index is 1080. The van der Waals surface area contributed by atoms with Crippen molar-refractivity contribution in [2.75, 3.05) is 32.7 Å². The van der Waals surface area contributed by atoms with Gasteiger partial charge in [-0.25, -0.2) is 0 Å². The number of piperazine rings is 1. The minimum absolute atomic E-state index is 0.0400. The number of hydrogen-bond donors (Lipinski definition) is 2. The number of carbonyl (C=O) groups is 3.